The Morgan fingerprint density at radius 1 is 1.17 bits per heavy atom. The fourth-order valence-electron chi connectivity index (χ4n) is 3.50. The zero-order valence-electron chi connectivity index (χ0n) is 16.6. The first kappa shape index (κ1) is 20.4. The van der Waals surface area contributed by atoms with Gasteiger partial charge < -0.3 is 20.1 Å². The van der Waals surface area contributed by atoms with Gasteiger partial charge in [0, 0.05) is 13.0 Å². The van der Waals surface area contributed by atoms with Gasteiger partial charge in [0.1, 0.15) is 5.75 Å². The third-order valence-electron chi connectivity index (χ3n) is 4.77. The lowest BCUT2D eigenvalue weighted by atomic mass is 10.0. The number of anilines is 1. The van der Waals surface area contributed by atoms with Crippen LogP contribution in [-0.2, 0) is 14.4 Å². The topological polar surface area (TPSA) is 95.9 Å². The summed E-state index contributed by atoms with van der Waals surface area (Å²) < 4.78 is 5.59. The van der Waals surface area contributed by atoms with Crippen LogP contribution in [0, 0.1) is 13.8 Å². The molecule has 0 bridgehead atoms. The molecule has 0 aromatic heterocycles. The van der Waals surface area contributed by atoms with E-state index in [9.17, 15) is 19.5 Å². The van der Waals surface area contributed by atoms with E-state index < -0.39 is 24.0 Å². The third-order valence-corrected chi connectivity index (χ3v) is 4.77. The first-order valence-corrected chi connectivity index (χ1v) is 9.43. The highest BCUT2D eigenvalue weighted by Crippen LogP contribution is 2.33. The maximum Gasteiger partial charge on any atom is 0.330 e. The highest BCUT2D eigenvalue weighted by molar-refractivity contribution is 6.00. The fraction of sp³-hybridized carbons (Fsp3) is 0.318. The third kappa shape index (κ3) is 4.56. The summed E-state index contributed by atoms with van der Waals surface area (Å²) in [5.41, 5.74) is 2.97. The lowest BCUT2D eigenvalue weighted by Crippen LogP contribution is -2.46. The number of carboxylic acids is 1. The molecule has 29 heavy (non-hydrogen) atoms. The number of nitrogens with one attached hydrogen (secondary N) is 1. The van der Waals surface area contributed by atoms with Gasteiger partial charge in [-0.15, -0.1) is 0 Å². The summed E-state index contributed by atoms with van der Waals surface area (Å²) in [6.07, 6.45) is -0.670. The Bertz CT molecular complexity index is 936. The number of ether oxygens (including phenoxy) is 1. The molecule has 2 N–H and O–H groups in total. The van der Waals surface area contributed by atoms with Gasteiger partial charge >= 0.3 is 5.97 Å². The van der Waals surface area contributed by atoms with Crippen LogP contribution in [0.15, 0.2) is 42.5 Å². The molecule has 2 unspecified atom stereocenters. The van der Waals surface area contributed by atoms with Gasteiger partial charge in [0.25, 0.3) is 5.91 Å². The summed E-state index contributed by atoms with van der Waals surface area (Å²) >= 11 is 0. The lowest BCUT2D eigenvalue weighted by molar-refractivity contribution is -0.142. The number of fused-ring (bicyclic) bond motifs is 1. The van der Waals surface area contributed by atoms with Crippen LogP contribution in [0.1, 0.15) is 36.1 Å². The highest BCUT2D eigenvalue weighted by Gasteiger charge is 2.31. The smallest absolute Gasteiger partial charge is 0.330 e. The van der Waals surface area contributed by atoms with Crippen LogP contribution >= 0.6 is 0 Å². The monoisotopic (exact) mass is 396 g/mol. The minimum absolute atomic E-state index is 0.0264. The molecule has 1 heterocycles. The minimum atomic E-state index is -1.15. The van der Waals surface area contributed by atoms with Crippen LogP contribution < -0.4 is 15.0 Å². The largest absolute Gasteiger partial charge is 0.479 e. The Hall–Kier alpha value is -3.35. The van der Waals surface area contributed by atoms with Gasteiger partial charge in [0.15, 0.2) is 12.1 Å². The Morgan fingerprint density at radius 2 is 1.83 bits per heavy atom. The molecule has 3 rings (SSSR count). The molecular formula is C22H24N2O5. The predicted octanol–water partition coefficient (Wildman–Crippen LogP) is 2.75. The van der Waals surface area contributed by atoms with Crippen LogP contribution in [0.3, 0.4) is 0 Å². The highest BCUT2D eigenvalue weighted by atomic mass is 16.5. The number of aliphatic carboxylic acids is 1. The standard InChI is InChI=1S/C22H24N2O5/c1-13-10-14(2)12-16(11-13)20(22(27)28)23-19(25)8-9-24-17-6-4-5-7-18(17)29-15(3)21(24)26/h4-7,10-12,15,20H,8-9H2,1-3H3,(H,23,25)(H,27,28). The van der Waals surface area contributed by atoms with E-state index >= 15 is 0 Å². The van der Waals surface area contributed by atoms with Gasteiger partial charge in [-0.25, -0.2) is 4.79 Å². The number of hydrogen-bond donors (Lipinski definition) is 2. The predicted molar refractivity (Wildman–Crippen MR) is 108 cm³/mol. The molecular weight excluding hydrogens is 372 g/mol. The Kier molecular flexibility index (Phi) is 5.87. The van der Waals surface area contributed by atoms with E-state index in [4.69, 9.17) is 4.74 Å². The number of amides is 2. The van der Waals surface area contributed by atoms with E-state index in [0.29, 0.717) is 17.0 Å². The molecule has 2 aromatic carbocycles. The van der Waals surface area contributed by atoms with Crippen LogP contribution in [0.25, 0.3) is 0 Å². The van der Waals surface area contributed by atoms with Crippen molar-refractivity contribution in [2.75, 3.05) is 11.4 Å². The molecule has 152 valence electrons. The molecule has 2 aromatic rings. The van der Waals surface area contributed by atoms with Gasteiger partial charge in [0.2, 0.25) is 5.91 Å². The van der Waals surface area contributed by atoms with Crippen molar-refractivity contribution >= 4 is 23.5 Å². The van der Waals surface area contributed by atoms with E-state index in [2.05, 4.69) is 5.32 Å². The summed E-state index contributed by atoms with van der Waals surface area (Å²) in [7, 11) is 0. The van der Waals surface area contributed by atoms with E-state index in [1.807, 2.05) is 26.0 Å². The van der Waals surface area contributed by atoms with Crippen molar-refractivity contribution in [2.24, 2.45) is 0 Å². The van der Waals surface area contributed by atoms with Gasteiger partial charge in [-0.2, -0.15) is 0 Å². The van der Waals surface area contributed by atoms with Crippen LogP contribution in [0.2, 0.25) is 0 Å². The van der Waals surface area contributed by atoms with Crippen LogP contribution in [-0.4, -0.2) is 35.5 Å². The molecule has 0 radical (unpaired) electrons. The van der Waals surface area contributed by atoms with Crippen molar-refractivity contribution in [2.45, 2.75) is 39.3 Å². The minimum Gasteiger partial charge on any atom is -0.479 e. The molecule has 7 nitrogen and oxygen atoms in total. The first-order chi connectivity index (χ1) is 13.8. The average Bonchev–Trinajstić information content (AvgIpc) is 2.65. The molecule has 0 spiro atoms. The quantitative estimate of drug-likeness (QED) is 0.783. The number of benzene rings is 2. The summed E-state index contributed by atoms with van der Waals surface area (Å²) in [6, 6.07) is 11.4. The normalized spacial score (nSPS) is 16.6. The SMILES string of the molecule is Cc1cc(C)cc(C(NC(=O)CCN2C(=O)C(C)Oc3ccccc32)C(=O)O)c1. The summed E-state index contributed by atoms with van der Waals surface area (Å²) in [5, 5.41) is 12.2. The number of carbonyl (C=O) groups is 3. The Morgan fingerprint density at radius 3 is 2.48 bits per heavy atom. The molecule has 0 saturated heterocycles. The second-order valence-electron chi connectivity index (χ2n) is 7.23. The number of para-hydroxylation sites is 2. The Labute approximate surface area is 169 Å². The van der Waals surface area contributed by atoms with Crippen molar-refractivity contribution < 1.29 is 24.2 Å². The zero-order chi connectivity index (χ0) is 21.1. The molecule has 2 atom stereocenters. The van der Waals surface area contributed by atoms with E-state index in [1.165, 1.54) is 4.90 Å². The maximum absolute atomic E-state index is 12.5. The fourth-order valence-corrected chi connectivity index (χ4v) is 3.50. The molecule has 1 aliphatic heterocycles. The molecule has 0 aliphatic carbocycles. The molecule has 0 saturated carbocycles. The summed E-state index contributed by atoms with van der Waals surface area (Å²) in [6.45, 7) is 5.54. The van der Waals surface area contributed by atoms with Crippen molar-refractivity contribution in [3.8, 4) is 5.75 Å². The van der Waals surface area contributed by atoms with Gasteiger partial charge in [-0.1, -0.05) is 41.5 Å². The van der Waals surface area contributed by atoms with Gasteiger partial charge in [-0.3, -0.25) is 9.59 Å². The molecule has 2 amide bonds. The zero-order valence-corrected chi connectivity index (χ0v) is 16.6. The first-order valence-electron chi connectivity index (χ1n) is 9.43. The number of rotatable bonds is 6. The number of carbonyl (C=O) groups excluding carboxylic acids is 2. The lowest BCUT2D eigenvalue weighted by Gasteiger charge is -2.32. The number of hydrogen-bond acceptors (Lipinski definition) is 4. The summed E-state index contributed by atoms with van der Waals surface area (Å²) in [4.78, 5) is 38.2. The van der Waals surface area contributed by atoms with Crippen molar-refractivity contribution in [3.05, 3.63) is 59.2 Å². The van der Waals surface area contributed by atoms with E-state index in [-0.39, 0.29) is 18.9 Å². The maximum atomic E-state index is 12.5. The van der Waals surface area contributed by atoms with Crippen molar-refractivity contribution in [3.63, 3.8) is 0 Å². The van der Waals surface area contributed by atoms with Crippen LogP contribution in [0.4, 0.5) is 5.69 Å². The molecule has 7 heteroatoms. The Balaban J connectivity index is 1.71. The second-order valence-corrected chi connectivity index (χ2v) is 7.23. The summed E-state index contributed by atoms with van der Waals surface area (Å²) in [5.74, 6) is -1.23. The second kappa shape index (κ2) is 8.34. The van der Waals surface area contributed by atoms with E-state index in [1.54, 1.807) is 37.3 Å². The number of nitrogens with zero attached hydrogens (tertiary/aromatic N) is 1. The number of aryl methyl sites for hydroxylation is 2. The molecule has 1 aliphatic rings. The molecule has 0 fully saturated rings. The van der Waals surface area contributed by atoms with Gasteiger partial charge in [0.05, 0.1) is 5.69 Å². The average molecular weight is 396 g/mol. The van der Waals surface area contributed by atoms with E-state index in [0.717, 1.165) is 11.1 Å². The van der Waals surface area contributed by atoms with Crippen molar-refractivity contribution in [1.29, 1.82) is 0 Å². The number of carboxylic acid groups (broad SMARTS) is 1. The van der Waals surface area contributed by atoms with Gasteiger partial charge in [-0.05, 0) is 38.5 Å². The van der Waals surface area contributed by atoms with Crippen LogP contribution in [0.5, 0.6) is 5.75 Å². The van der Waals surface area contributed by atoms with Crippen molar-refractivity contribution in [1.82, 2.24) is 5.32 Å².